The van der Waals surface area contributed by atoms with E-state index in [4.69, 9.17) is 4.74 Å². The lowest BCUT2D eigenvalue weighted by Gasteiger charge is -2.30. The molecular weight excluding hydrogens is 279 g/mol. The molecular formula is C16H22F3NO. The molecule has 0 aliphatic heterocycles. The van der Waals surface area contributed by atoms with Crippen LogP contribution >= 0.6 is 0 Å². The van der Waals surface area contributed by atoms with Crippen LogP contribution in [-0.4, -0.2) is 18.3 Å². The minimum Gasteiger partial charge on any atom is -0.491 e. The molecule has 0 bridgehead atoms. The van der Waals surface area contributed by atoms with Gasteiger partial charge in [-0.05, 0) is 63.8 Å². The summed E-state index contributed by atoms with van der Waals surface area (Å²) in [5, 5.41) is 3.31. The normalized spacial score (nSPS) is 23.1. The third-order valence-corrected chi connectivity index (χ3v) is 3.79. The SMILES string of the molecule is CC(C)Oc1ccc(NC2CCC(C(F)(F)F)CC2)cc1. The zero-order valence-electron chi connectivity index (χ0n) is 12.4. The molecule has 1 aliphatic carbocycles. The zero-order valence-corrected chi connectivity index (χ0v) is 12.4. The molecule has 118 valence electrons. The van der Waals surface area contributed by atoms with Gasteiger partial charge in [0, 0.05) is 11.7 Å². The summed E-state index contributed by atoms with van der Waals surface area (Å²) in [5.41, 5.74) is 0.932. The molecule has 1 fully saturated rings. The Hall–Kier alpha value is -1.39. The summed E-state index contributed by atoms with van der Waals surface area (Å²) in [6, 6.07) is 7.70. The van der Waals surface area contributed by atoms with Crippen molar-refractivity contribution in [1.82, 2.24) is 0 Å². The van der Waals surface area contributed by atoms with Crippen molar-refractivity contribution >= 4 is 5.69 Å². The minimum absolute atomic E-state index is 0.125. The van der Waals surface area contributed by atoms with Crippen LogP contribution in [0.3, 0.4) is 0 Å². The molecule has 1 aliphatic rings. The van der Waals surface area contributed by atoms with E-state index in [0.29, 0.717) is 12.8 Å². The third-order valence-electron chi connectivity index (χ3n) is 3.79. The molecule has 1 aromatic carbocycles. The molecule has 0 amide bonds. The van der Waals surface area contributed by atoms with Crippen LogP contribution < -0.4 is 10.1 Å². The highest BCUT2D eigenvalue weighted by Crippen LogP contribution is 2.38. The van der Waals surface area contributed by atoms with Crippen LogP contribution in [-0.2, 0) is 0 Å². The Bertz CT molecular complexity index is 434. The molecule has 0 heterocycles. The van der Waals surface area contributed by atoms with Crippen LogP contribution in [0.2, 0.25) is 0 Å². The Morgan fingerprint density at radius 2 is 1.62 bits per heavy atom. The van der Waals surface area contributed by atoms with Crippen molar-refractivity contribution < 1.29 is 17.9 Å². The highest BCUT2D eigenvalue weighted by atomic mass is 19.4. The predicted octanol–water partition coefficient (Wildman–Crippen LogP) is 5.01. The van der Waals surface area contributed by atoms with Gasteiger partial charge in [0.05, 0.1) is 12.0 Å². The number of nitrogens with one attached hydrogen (secondary N) is 1. The standard InChI is InChI=1S/C16H22F3NO/c1-11(2)21-15-9-7-14(8-10-15)20-13-5-3-12(4-6-13)16(17,18)19/h7-13,20H,3-6H2,1-2H3. The van der Waals surface area contributed by atoms with Crippen LogP contribution in [0.4, 0.5) is 18.9 Å². The summed E-state index contributed by atoms with van der Waals surface area (Å²) < 4.78 is 43.4. The molecule has 0 aromatic heterocycles. The molecule has 1 N–H and O–H groups in total. The van der Waals surface area contributed by atoms with E-state index in [0.717, 1.165) is 11.4 Å². The average Bonchev–Trinajstić information content (AvgIpc) is 2.40. The summed E-state index contributed by atoms with van der Waals surface area (Å²) in [6.45, 7) is 3.93. The molecule has 0 saturated heterocycles. The van der Waals surface area contributed by atoms with Gasteiger partial charge in [0.2, 0.25) is 0 Å². The summed E-state index contributed by atoms with van der Waals surface area (Å²) >= 11 is 0. The van der Waals surface area contributed by atoms with Gasteiger partial charge in [0.25, 0.3) is 0 Å². The van der Waals surface area contributed by atoms with Crippen LogP contribution in [0.1, 0.15) is 39.5 Å². The number of hydrogen-bond donors (Lipinski definition) is 1. The molecule has 0 atom stereocenters. The topological polar surface area (TPSA) is 21.3 Å². The van der Waals surface area contributed by atoms with E-state index in [9.17, 15) is 13.2 Å². The Morgan fingerprint density at radius 1 is 1.05 bits per heavy atom. The fraction of sp³-hybridized carbons (Fsp3) is 0.625. The molecule has 1 saturated carbocycles. The van der Waals surface area contributed by atoms with E-state index in [2.05, 4.69) is 5.32 Å². The molecule has 5 heteroatoms. The van der Waals surface area contributed by atoms with E-state index in [1.54, 1.807) is 0 Å². The first-order valence-corrected chi connectivity index (χ1v) is 7.44. The Labute approximate surface area is 123 Å². The van der Waals surface area contributed by atoms with Gasteiger partial charge in [-0.25, -0.2) is 0 Å². The number of halogens is 3. The smallest absolute Gasteiger partial charge is 0.391 e. The summed E-state index contributed by atoms with van der Waals surface area (Å²) in [7, 11) is 0. The van der Waals surface area contributed by atoms with E-state index in [1.165, 1.54) is 0 Å². The molecule has 0 radical (unpaired) electrons. The first-order valence-electron chi connectivity index (χ1n) is 7.44. The van der Waals surface area contributed by atoms with E-state index >= 15 is 0 Å². The summed E-state index contributed by atoms with van der Waals surface area (Å²) in [5.74, 6) is -0.325. The minimum atomic E-state index is -4.04. The van der Waals surface area contributed by atoms with Crippen LogP contribution in [0.5, 0.6) is 5.75 Å². The fourth-order valence-corrected chi connectivity index (χ4v) is 2.70. The molecule has 1 aromatic rings. The van der Waals surface area contributed by atoms with Gasteiger partial charge in [-0.2, -0.15) is 13.2 Å². The van der Waals surface area contributed by atoms with Gasteiger partial charge in [-0.3, -0.25) is 0 Å². The predicted molar refractivity (Wildman–Crippen MR) is 77.6 cm³/mol. The van der Waals surface area contributed by atoms with Gasteiger partial charge in [-0.1, -0.05) is 0 Å². The third kappa shape index (κ3) is 4.83. The van der Waals surface area contributed by atoms with Crippen LogP contribution in [0, 0.1) is 5.92 Å². The second-order valence-corrected chi connectivity index (χ2v) is 5.93. The lowest BCUT2D eigenvalue weighted by atomic mass is 9.85. The van der Waals surface area contributed by atoms with Crippen molar-refractivity contribution in [3.8, 4) is 5.75 Å². The molecule has 2 rings (SSSR count). The first kappa shape index (κ1) is 16.0. The second-order valence-electron chi connectivity index (χ2n) is 5.93. The number of benzene rings is 1. The second kappa shape index (κ2) is 6.58. The van der Waals surface area contributed by atoms with Crippen molar-refractivity contribution in [2.45, 2.75) is 57.9 Å². The number of ether oxygens (including phenoxy) is 1. The van der Waals surface area contributed by atoms with Crippen molar-refractivity contribution in [2.75, 3.05) is 5.32 Å². The zero-order chi connectivity index (χ0) is 15.5. The maximum atomic E-state index is 12.6. The fourth-order valence-electron chi connectivity index (χ4n) is 2.70. The van der Waals surface area contributed by atoms with Gasteiger partial charge in [0.15, 0.2) is 0 Å². The van der Waals surface area contributed by atoms with E-state index < -0.39 is 12.1 Å². The maximum Gasteiger partial charge on any atom is 0.391 e. The molecule has 2 nitrogen and oxygen atoms in total. The van der Waals surface area contributed by atoms with Gasteiger partial charge in [0.1, 0.15) is 5.75 Å². The highest BCUT2D eigenvalue weighted by molar-refractivity contribution is 5.47. The van der Waals surface area contributed by atoms with Crippen molar-refractivity contribution in [3.63, 3.8) is 0 Å². The van der Waals surface area contributed by atoms with Crippen molar-refractivity contribution in [3.05, 3.63) is 24.3 Å². The van der Waals surface area contributed by atoms with Gasteiger partial charge >= 0.3 is 6.18 Å². The van der Waals surface area contributed by atoms with E-state index in [-0.39, 0.29) is 25.0 Å². The summed E-state index contributed by atoms with van der Waals surface area (Å²) in [6.07, 6.45) is -2.35. The Balaban J connectivity index is 1.83. The Kier molecular flexibility index (Phi) is 5.01. The first-order chi connectivity index (χ1) is 9.84. The largest absolute Gasteiger partial charge is 0.491 e. The van der Waals surface area contributed by atoms with Crippen molar-refractivity contribution in [2.24, 2.45) is 5.92 Å². The number of hydrogen-bond acceptors (Lipinski definition) is 2. The quantitative estimate of drug-likeness (QED) is 0.844. The molecule has 21 heavy (non-hydrogen) atoms. The lowest BCUT2D eigenvalue weighted by Crippen LogP contribution is -2.32. The highest BCUT2D eigenvalue weighted by Gasteiger charge is 2.41. The van der Waals surface area contributed by atoms with Gasteiger partial charge in [-0.15, -0.1) is 0 Å². The maximum absolute atomic E-state index is 12.6. The van der Waals surface area contributed by atoms with Crippen LogP contribution in [0.25, 0.3) is 0 Å². The number of rotatable bonds is 4. The van der Waals surface area contributed by atoms with Crippen molar-refractivity contribution in [1.29, 1.82) is 0 Å². The monoisotopic (exact) mass is 301 g/mol. The molecule has 0 unspecified atom stereocenters. The molecule has 0 spiro atoms. The lowest BCUT2D eigenvalue weighted by molar-refractivity contribution is -0.182. The average molecular weight is 301 g/mol. The van der Waals surface area contributed by atoms with Gasteiger partial charge < -0.3 is 10.1 Å². The Morgan fingerprint density at radius 3 is 2.10 bits per heavy atom. The van der Waals surface area contributed by atoms with Crippen LogP contribution in [0.15, 0.2) is 24.3 Å². The number of anilines is 1. The summed E-state index contributed by atoms with van der Waals surface area (Å²) in [4.78, 5) is 0. The van der Waals surface area contributed by atoms with E-state index in [1.807, 2.05) is 38.1 Å². The number of alkyl halides is 3.